The van der Waals surface area contributed by atoms with Crippen LogP contribution in [0.4, 0.5) is 5.69 Å². The molecule has 112 valence electrons. The van der Waals surface area contributed by atoms with E-state index in [2.05, 4.69) is 5.32 Å². The quantitative estimate of drug-likeness (QED) is 0.868. The van der Waals surface area contributed by atoms with Crippen LogP contribution in [0.5, 0.6) is 0 Å². The van der Waals surface area contributed by atoms with Crippen molar-refractivity contribution in [2.75, 3.05) is 18.4 Å². The maximum atomic E-state index is 12.2. The van der Waals surface area contributed by atoms with Gasteiger partial charge in [0.1, 0.15) is 0 Å². The number of amides is 3. The van der Waals surface area contributed by atoms with Crippen molar-refractivity contribution in [1.29, 1.82) is 0 Å². The van der Waals surface area contributed by atoms with Crippen molar-refractivity contribution in [3.05, 3.63) is 29.8 Å². The number of rotatable bonds is 3. The molecule has 0 aliphatic carbocycles. The number of anilines is 1. The molecule has 0 atom stereocenters. The summed E-state index contributed by atoms with van der Waals surface area (Å²) < 4.78 is 0. The highest BCUT2D eigenvalue weighted by Crippen LogP contribution is 2.19. The highest BCUT2D eigenvalue weighted by atomic mass is 16.2. The van der Waals surface area contributed by atoms with Crippen molar-refractivity contribution in [1.82, 2.24) is 4.90 Å². The lowest BCUT2D eigenvalue weighted by molar-refractivity contribution is -0.132. The number of likely N-dealkylation sites (tertiary alicyclic amines) is 1. The maximum Gasteiger partial charge on any atom is 0.248 e. The molecule has 0 unspecified atom stereocenters. The molecule has 6 heteroatoms. The first kappa shape index (κ1) is 15.0. The summed E-state index contributed by atoms with van der Waals surface area (Å²) in [5.41, 5.74) is 6.20. The van der Waals surface area contributed by atoms with E-state index >= 15 is 0 Å². The second-order valence-corrected chi connectivity index (χ2v) is 5.21. The lowest BCUT2D eigenvalue weighted by atomic mass is 9.96. The van der Waals surface area contributed by atoms with Crippen LogP contribution in [0, 0.1) is 5.92 Å². The lowest BCUT2D eigenvalue weighted by Crippen LogP contribution is -2.40. The van der Waals surface area contributed by atoms with Gasteiger partial charge in [-0.2, -0.15) is 0 Å². The third kappa shape index (κ3) is 3.81. The van der Waals surface area contributed by atoms with Gasteiger partial charge in [0.2, 0.25) is 17.7 Å². The number of piperidine rings is 1. The molecule has 0 saturated carbocycles. The van der Waals surface area contributed by atoms with Crippen LogP contribution in [-0.2, 0) is 9.59 Å². The van der Waals surface area contributed by atoms with Gasteiger partial charge in [-0.25, -0.2) is 0 Å². The number of nitrogens with two attached hydrogens (primary N) is 1. The minimum Gasteiger partial charge on any atom is -0.366 e. The minimum atomic E-state index is -0.496. The molecule has 0 radical (unpaired) electrons. The van der Waals surface area contributed by atoms with E-state index in [0.717, 1.165) is 0 Å². The summed E-state index contributed by atoms with van der Waals surface area (Å²) in [6.45, 7) is 2.78. The SMILES string of the molecule is CC(=O)N1CCC(C(=O)Nc2ccc(C(N)=O)cc2)CC1. The molecule has 1 aliphatic heterocycles. The fourth-order valence-corrected chi connectivity index (χ4v) is 2.42. The molecule has 3 N–H and O–H groups in total. The van der Waals surface area contributed by atoms with Crippen LogP contribution in [0.3, 0.4) is 0 Å². The Labute approximate surface area is 123 Å². The number of hydrogen-bond donors (Lipinski definition) is 2. The second kappa shape index (κ2) is 6.39. The van der Waals surface area contributed by atoms with Gasteiger partial charge in [0.15, 0.2) is 0 Å². The van der Waals surface area contributed by atoms with Crippen LogP contribution in [0.1, 0.15) is 30.1 Å². The summed E-state index contributed by atoms with van der Waals surface area (Å²) in [7, 11) is 0. The molecule has 0 spiro atoms. The zero-order valence-corrected chi connectivity index (χ0v) is 12.0. The second-order valence-electron chi connectivity index (χ2n) is 5.21. The Bertz CT molecular complexity index is 546. The minimum absolute atomic E-state index is 0.0509. The van der Waals surface area contributed by atoms with Crippen molar-refractivity contribution in [3.8, 4) is 0 Å². The van der Waals surface area contributed by atoms with Gasteiger partial charge in [-0.1, -0.05) is 0 Å². The van der Waals surface area contributed by atoms with E-state index in [1.165, 1.54) is 0 Å². The fourth-order valence-electron chi connectivity index (χ4n) is 2.42. The van der Waals surface area contributed by atoms with Crippen LogP contribution in [0.2, 0.25) is 0 Å². The van der Waals surface area contributed by atoms with E-state index in [1.54, 1.807) is 36.1 Å². The summed E-state index contributed by atoms with van der Waals surface area (Å²) in [6.07, 6.45) is 1.34. The van der Waals surface area contributed by atoms with Gasteiger partial charge in [-0.05, 0) is 37.1 Å². The zero-order chi connectivity index (χ0) is 15.4. The van der Waals surface area contributed by atoms with Crippen LogP contribution in [-0.4, -0.2) is 35.7 Å². The molecule has 0 bridgehead atoms. The lowest BCUT2D eigenvalue weighted by Gasteiger charge is -2.30. The molecule has 1 heterocycles. The Balaban J connectivity index is 1.90. The first-order valence-electron chi connectivity index (χ1n) is 6.93. The van der Waals surface area contributed by atoms with Crippen LogP contribution >= 0.6 is 0 Å². The molecule has 1 aromatic carbocycles. The number of carbonyl (C=O) groups excluding carboxylic acids is 3. The highest BCUT2D eigenvalue weighted by Gasteiger charge is 2.25. The number of nitrogens with one attached hydrogen (secondary N) is 1. The van der Waals surface area contributed by atoms with E-state index in [0.29, 0.717) is 37.2 Å². The standard InChI is InChI=1S/C15H19N3O3/c1-10(19)18-8-6-12(7-9-18)15(21)17-13-4-2-11(3-5-13)14(16)20/h2-5,12H,6-9H2,1H3,(H2,16,20)(H,17,21). The molecule has 6 nitrogen and oxygen atoms in total. The molecule has 1 fully saturated rings. The number of nitrogens with zero attached hydrogens (tertiary/aromatic N) is 1. The topological polar surface area (TPSA) is 92.5 Å². The van der Waals surface area contributed by atoms with Gasteiger partial charge in [0.25, 0.3) is 0 Å². The van der Waals surface area contributed by atoms with Gasteiger partial charge in [-0.15, -0.1) is 0 Å². The zero-order valence-electron chi connectivity index (χ0n) is 12.0. The first-order chi connectivity index (χ1) is 9.97. The predicted octanol–water partition coefficient (Wildman–Crippen LogP) is 0.983. The van der Waals surface area contributed by atoms with E-state index < -0.39 is 5.91 Å². The van der Waals surface area contributed by atoms with Crippen molar-refractivity contribution in [3.63, 3.8) is 0 Å². The summed E-state index contributed by atoms with van der Waals surface area (Å²) in [6, 6.07) is 6.47. The largest absolute Gasteiger partial charge is 0.366 e. The molecule has 1 aliphatic rings. The summed E-state index contributed by atoms with van der Waals surface area (Å²) in [5, 5.41) is 2.83. The van der Waals surface area contributed by atoms with Crippen molar-refractivity contribution >= 4 is 23.4 Å². The summed E-state index contributed by atoms with van der Waals surface area (Å²) >= 11 is 0. The van der Waals surface area contributed by atoms with Crippen molar-refractivity contribution in [2.24, 2.45) is 11.7 Å². The van der Waals surface area contributed by atoms with Crippen LogP contribution in [0.15, 0.2) is 24.3 Å². The third-order valence-corrected chi connectivity index (χ3v) is 3.75. The number of benzene rings is 1. The fraction of sp³-hybridized carbons (Fsp3) is 0.400. The van der Waals surface area contributed by atoms with Gasteiger partial charge < -0.3 is 16.0 Å². The normalized spacial score (nSPS) is 15.6. The maximum absolute atomic E-state index is 12.2. The molecule has 21 heavy (non-hydrogen) atoms. The average molecular weight is 289 g/mol. The van der Waals surface area contributed by atoms with Crippen molar-refractivity contribution < 1.29 is 14.4 Å². The Kier molecular flexibility index (Phi) is 4.57. The molecular formula is C15H19N3O3. The molecule has 1 saturated heterocycles. The highest BCUT2D eigenvalue weighted by molar-refractivity contribution is 5.95. The van der Waals surface area contributed by atoms with E-state index in [1.807, 2.05) is 0 Å². The number of hydrogen-bond acceptors (Lipinski definition) is 3. The Hall–Kier alpha value is -2.37. The Morgan fingerprint density at radius 2 is 1.71 bits per heavy atom. The molecule has 0 aromatic heterocycles. The summed E-state index contributed by atoms with van der Waals surface area (Å²) in [4.78, 5) is 36.1. The van der Waals surface area contributed by atoms with E-state index in [-0.39, 0.29) is 17.7 Å². The van der Waals surface area contributed by atoms with Crippen LogP contribution < -0.4 is 11.1 Å². The average Bonchev–Trinajstić information content (AvgIpc) is 2.47. The molecular weight excluding hydrogens is 270 g/mol. The number of primary amides is 1. The third-order valence-electron chi connectivity index (χ3n) is 3.75. The van der Waals surface area contributed by atoms with Crippen molar-refractivity contribution in [2.45, 2.75) is 19.8 Å². The smallest absolute Gasteiger partial charge is 0.248 e. The molecule has 2 rings (SSSR count). The van der Waals surface area contributed by atoms with E-state index in [9.17, 15) is 14.4 Å². The van der Waals surface area contributed by atoms with Gasteiger partial charge in [-0.3, -0.25) is 14.4 Å². The van der Waals surface area contributed by atoms with Gasteiger partial charge in [0.05, 0.1) is 0 Å². The van der Waals surface area contributed by atoms with E-state index in [4.69, 9.17) is 5.73 Å². The Morgan fingerprint density at radius 1 is 1.14 bits per heavy atom. The number of carbonyl (C=O) groups is 3. The van der Waals surface area contributed by atoms with Gasteiger partial charge >= 0.3 is 0 Å². The van der Waals surface area contributed by atoms with Crippen LogP contribution in [0.25, 0.3) is 0 Å². The monoisotopic (exact) mass is 289 g/mol. The Morgan fingerprint density at radius 3 is 2.19 bits per heavy atom. The molecule has 1 aromatic rings. The summed E-state index contributed by atoms with van der Waals surface area (Å²) in [5.74, 6) is -0.582. The first-order valence-corrected chi connectivity index (χ1v) is 6.93. The van der Waals surface area contributed by atoms with Gasteiger partial charge in [0, 0.05) is 37.2 Å². The molecule has 3 amide bonds. The predicted molar refractivity (Wildman–Crippen MR) is 78.6 cm³/mol.